The first-order chi connectivity index (χ1) is 14.1. The Hall–Kier alpha value is -3.00. The second-order valence-electron chi connectivity index (χ2n) is 7.18. The second-order valence-corrected chi connectivity index (χ2v) is 8.12. The van der Waals surface area contributed by atoms with Crippen LogP contribution in [0.4, 0.5) is 0 Å². The van der Waals surface area contributed by atoms with Crippen LogP contribution in [0.25, 0.3) is 0 Å². The van der Waals surface area contributed by atoms with Gasteiger partial charge in [0, 0.05) is 19.0 Å². The van der Waals surface area contributed by atoms with Crippen LogP contribution in [0.15, 0.2) is 47.8 Å². The minimum absolute atomic E-state index is 0.0236. The maximum absolute atomic E-state index is 13.0. The fourth-order valence-electron chi connectivity index (χ4n) is 3.59. The van der Waals surface area contributed by atoms with E-state index >= 15 is 0 Å². The molecule has 2 amide bonds. The smallest absolute Gasteiger partial charge is 0.263 e. The molecule has 4 rings (SSSR count). The quantitative estimate of drug-likeness (QED) is 0.678. The van der Waals surface area contributed by atoms with Gasteiger partial charge in [0.1, 0.15) is 11.9 Å². The highest BCUT2D eigenvalue weighted by molar-refractivity contribution is 7.12. The van der Waals surface area contributed by atoms with Crippen LogP contribution in [0.2, 0.25) is 0 Å². The number of hydrogen-bond donors (Lipinski definition) is 2. The molecule has 3 heterocycles. The predicted octanol–water partition coefficient (Wildman–Crippen LogP) is 2.93. The van der Waals surface area contributed by atoms with E-state index in [0.717, 1.165) is 10.4 Å². The number of carbonyl (C=O) groups excluding carboxylic acids is 2. The number of piperidine rings is 1. The molecule has 1 saturated heterocycles. The van der Waals surface area contributed by atoms with E-state index in [2.05, 4.69) is 20.5 Å². The summed E-state index contributed by atoms with van der Waals surface area (Å²) < 4.78 is 0. The SMILES string of the molecule is Cc1nc(C(NC(=O)C2CCN(C(=O)c3cccs3)CC2)c2ccccc2)n[nH]1. The molecular weight excluding hydrogens is 386 g/mol. The number of carbonyl (C=O) groups is 2. The third-order valence-corrected chi connectivity index (χ3v) is 6.03. The lowest BCUT2D eigenvalue weighted by atomic mass is 9.94. The lowest BCUT2D eigenvalue weighted by molar-refractivity contribution is -0.126. The average Bonchev–Trinajstić information content (AvgIpc) is 3.44. The molecule has 0 aliphatic carbocycles. The molecule has 1 atom stereocenters. The number of aryl methyl sites for hydroxylation is 1. The van der Waals surface area contributed by atoms with E-state index in [1.54, 1.807) is 0 Å². The minimum atomic E-state index is -0.403. The molecule has 0 bridgehead atoms. The first-order valence-electron chi connectivity index (χ1n) is 9.69. The van der Waals surface area contributed by atoms with Gasteiger partial charge < -0.3 is 10.2 Å². The second kappa shape index (κ2) is 8.57. The highest BCUT2D eigenvalue weighted by Crippen LogP contribution is 2.24. The number of hydrogen-bond acceptors (Lipinski definition) is 5. The van der Waals surface area contributed by atoms with Crippen molar-refractivity contribution in [1.82, 2.24) is 25.4 Å². The highest BCUT2D eigenvalue weighted by atomic mass is 32.1. The molecule has 1 aromatic carbocycles. The van der Waals surface area contributed by atoms with Crippen LogP contribution in [0.3, 0.4) is 0 Å². The number of H-pyrrole nitrogens is 1. The lowest BCUT2D eigenvalue weighted by Crippen LogP contribution is -2.43. The highest BCUT2D eigenvalue weighted by Gasteiger charge is 2.30. The molecule has 2 aromatic heterocycles. The molecule has 0 radical (unpaired) electrons. The fourth-order valence-corrected chi connectivity index (χ4v) is 4.28. The van der Waals surface area contributed by atoms with Crippen LogP contribution < -0.4 is 5.32 Å². The van der Waals surface area contributed by atoms with Gasteiger partial charge in [-0.15, -0.1) is 11.3 Å². The van der Waals surface area contributed by atoms with E-state index in [1.807, 2.05) is 59.7 Å². The van der Waals surface area contributed by atoms with Gasteiger partial charge in [-0.2, -0.15) is 5.10 Å². The summed E-state index contributed by atoms with van der Waals surface area (Å²) >= 11 is 1.45. The predicted molar refractivity (Wildman–Crippen MR) is 110 cm³/mol. The zero-order valence-corrected chi connectivity index (χ0v) is 17.0. The van der Waals surface area contributed by atoms with E-state index in [-0.39, 0.29) is 17.7 Å². The normalized spacial score (nSPS) is 15.8. The largest absolute Gasteiger partial charge is 0.342 e. The van der Waals surface area contributed by atoms with Crippen LogP contribution in [-0.4, -0.2) is 45.0 Å². The van der Waals surface area contributed by atoms with Crippen molar-refractivity contribution in [2.45, 2.75) is 25.8 Å². The number of rotatable bonds is 5. The number of likely N-dealkylation sites (tertiary alicyclic amines) is 1. The van der Waals surface area contributed by atoms with Crippen molar-refractivity contribution < 1.29 is 9.59 Å². The van der Waals surface area contributed by atoms with E-state index < -0.39 is 6.04 Å². The third kappa shape index (κ3) is 4.37. The monoisotopic (exact) mass is 409 g/mol. The van der Waals surface area contributed by atoms with Crippen molar-refractivity contribution in [2.24, 2.45) is 5.92 Å². The van der Waals surface area contributed by atoms with Crippen LogP contribution in [-0.2, 0) is 4.79 Å². The first-order valence-corrected chi connectivity index (χ1v) is 10.6. The number of aromatic nitrogens is 3. The van der Waals surface area contributed by atoms with Gasteiger partial charge in [0.2, 0.25) is 5.91 Å². The van der Waals surface area contributed by atoms with Crippen LogP contribution in [0.1, 0.15) is 45.8 Å². The molecule has 150 valence electrons. The van der Waals surface area contributed by atoms with E-state index in [1.165, 1.54) is 11.3 Å². The Labute approximate surface area is 173 Å². The molecule has 7 nitrogen and oxygen atoms in total. The van der Waals surface area contributed by atoms with Crippen molar-refractivity contribution in [3.63, 3.8) is 0 Å². The molecule has 8 heteroatoms. The summed E-state index contributed by atoms with van der Waals surface area (Å²) in [6.45, 7) is 3.01. The van der Waals surface area contributed by atoms with Crippen molar-refractivity contribution in [3.8, 4) is 0 Å². The molecule has 1 aliphatic heterocycles. The van der Waals surface area contributed by atoms with Gasteiger partial charge in [-0.25, -0.2) is 4.98 Å². The van der Waals surface area contributed by atoms with Crippen LogP contribution >= 0.6 is 11.3 Å². The standard InChI is InChI=1S/C21H23N5O2S/c1-14-22-19(25-24-14)18(15-6-3-2-4-7-15)23-20(27)16-9-11-26(12-10-16)21(28)17-8-5-13-29-17/h2-8,13,16,18H,9-12H2,1H3,(H,23,27)(H,22,24,25). The molecule has 1 fully saturated rings. The summed E-state index contributed by atoms with van der Waals surface area (Å²) in [5, 5.41) is 12.1. The third-order valence-electron chi connectivity index (χ3n) is 5.18. The molecule has 2 N–H and O–H groups in total. The summed E-state index contributed by atoms with van der Waals surface area (Å²) in [5.41, 5.74) is 0.935. The number of thiophene rings is 1. The molecule has 1 unspecified atom stereocenters. The van der Waals surface area contributed by atoms with Gasteiger partial charge in [0.05, 0.1) is 4.88 Å². The Morgan fingerprint density at radius 2 is 1.93 bits per heavy atom. The molecule has 0 spiro atoms. The number of benzene rings is 1. The Morgan fingerprint density at radius 3 is 2.55 bits per heavy atom. The van der Waals surface area contributed by atoms with Gasteiger partial charge in [-0.1, -0.05) is 36.4 Å². The Bertz CT molecular complexity index is 962. The zero-order chi connectivity index (χ0) is 20.2. The molecule has 29 heavy (non-hydrogen) atoms. The van der Waals surface area contributed by atoms with E-state index in [4.69, 9.17) is 0 Å². The maximum atomic E-state index is 13.0. The molecule has 1 aliphatic rings. The minimum Gasteiger partial charge on any atom is -0.342 e. The average molecular weight is 410 g/mol. The number of aromatic amines is 1. The molecule has 0 saturated carbocycles. The Balaban J connectivity index is 1.42. The van der Waals surface area contributed by atoms with Crippen LogP contribution in [0.5, 0.6) is 0 Å². The summed E-state index contributed by atoms with van der Waals surface area (Å²) in [7, 11) is 0. The molecule has 3 aromatic rings. The number of amides is 2. The fraction of sp³-hybridized carbons (Fsp3) is 0.333. The van der Waals surface area contributed by atoms with Crippen molar-refractivity contribution in [2.75, 3.05) is 13.1 Å². The van der Waals surface area contributed by atoms with Gasteiger partial charge in [0.15, 0.2) is 5.82 Å². The van der Waals surface area contributed by atoms with Gasteiger partial charge in [0.25, 0.3) is 5.91 Å². The summed E-state index contributed by atoms with van der Waals surface area (Å²) in [4.78, 5) is 32.5. The van der Waals surface area contributed by atoms with Gasteiger partial charge in [-0.05, 0) is 36.8 Å². The zero-order valence-electron chi connectivity index (χ0n) is 16.2. The van der Waals surface area contributed by atoms with E-state index in [0.29, 0.717) is 37.6 Å². The topological polar surface area (TPSA) is 91.0 Å². The summed E-state index contributed by atoms with van der Waals surface area (Å²) in [6, 6.07) is 13.0. The van der Waals surface area contributed by atoms with Crippen molar-refractivity contribution in [3.05, 3.63) is 69.9 Å². The molecular formula is C21H23N5O2S. The van der Waals surface area contributed by atoms with Crippen LogP contribution in [0, 0.1) is 12.8 Å². The number of nitrogens with one attached hydrogen (secondary N) is 2. The summed E-state index contributed by atoms with van der Waals surface area (Å²) in [6.07, 6.45) is 1.30. The Kier molecular flexibility index (Phi) is 5.71. The number of nitrogens with zero attached hydrogens (tertiary/aromatic N) is 3. The maximum Gasteiger partial charge on any atom is 0.263 e. The van der Waals surface area contributed by atoms with Crippen molar-refractivity contribution >= 4 is 23.2 Å². The Morgan fingerprint density at radius 1 is 1.17 bits per heavy atom. The van der Waals surface area contributed by atoms with Crippen molar-refractivity contribution in [1.29, 1.82) is 0 Å². The summed E-state index contributed by atoms with van der Waals surface area (Å²) in [5.74, 6) is 1.15. The lowest BCUT2D eigenvalue weighted by Gasteiger charge is -2.31. The first kappa shape index (κ1) is 19.3. The van der Waals surface area contributed by atoms with Gasteiger partial charge in [-0.3, -0.25) is 14.7 Å². The van der Waals surface area contributed by atoms with Gasteiger partial charge >= 0.3 is 0 Å². The van der Waals surface area contributed by atoms with E-state index in [9.17, 15) is 9.59 Å².